The lowest BCUT2D eigenvalue weighted by Gasteiger charge is -1.94. The van der Waals surface area contributed by atoms with E-state index in [9.17, 15) is 4.39 Å². The SMILES string of the molecule is CCCCCCC=C=C(F)c1ccccc1. The van der Waals surface area contributed by atoms with Gasteiger partial charge in [0.25, 0.3) is 0 Å². The lowest BCUT2D eigenvalue weighted by molar-refractivity contribution is 0.674. The summed E-state index contributed by atoms with van der Waals surface area (Å²) >= 11 is 0. The van der Waals surface area contributed by atoms with E-state index in [0.717, 1.165) is 12.8 Å². The van der Waals surface area contributed by atoms with Gasteiger partial charge in [-0.15, -0.1) is 0 Å². The summed E-state index contributed by atoms with van der Waals surface area (Å²) in [6, 6.07) is 9.06. The molecule has 1 heteroatoms. The van der Waals surface area contributed by atoms with Gasteiger partial charge in [0.1, 0.15) is 0 Å². The summed E-state index contributed by atoms with van der Waals surface area (Å²) in [7, 11) is 0. The smallest absolute Gasteiger partial charge is 0.172 e. The Kier molecular flexibility index (Phi) is 6.29. The molecule has 0 aromatic heterocycles. The summed E-state index contributed by atoms with van der Waals surface area (Å²) in [6.45, 7) is 2.19. The quantitative estimate of drug-likeness (QED) is 0.459. The summed E-state index contributed by atoms with van der Waals surface area (Å²) in [4.78, 5) is 0. The maximum atomic E-state index is 13.5. The lowest BCUT2D eigenvalue weighted by Crippen LogP contribution is -1.75. The molecule has 0 radical (unpaired) electrons. The van der Waals surface area contributed by atoms with Crippen LogP contribution in [0.1, 0.15) is 44.6 Å². The molecule has 0 amide bonds. The molecule has 0 aliphatic heterocycles. The number of rotatable bonds is 6. The van der Waals surface area contributed by atoms with E-state index in [1.165, 1.54) is 19.3 Å². The first kappa shape index (κ1) is 12.7. The molecule has 0 aliphatic carbocycles. The van der Waals surface area contributed by atoms with E-state index in [-0.39, 0.29) is 5.83 Å². The Morgan fingerprint density at radius 2 is 1.94 bits per heavy atom. The third-order valence-corrected chi connectivity index (χ3v) is 2.46. The Labute approximate surface area is 97.5 Å². The molecule has 0 bridgehead atoms. The third-order valence-electron chi connectivity index (χ3n) is 2.46. The molecule has 0 heterocycles. The van der Waals surface area contributed by atoms with Gasteiger partial charge in [-0.1, -0.05) is 62.2 Å². The second kappa shape index (κ2) is 7.90. The third kappa shape index (κ3) is 4.95. The van der Waals surface area contributed by atoms with Crippen LogP contribution < -0.4 is 0 Å². The van der Waals surface area contributed by atoms with E-state index in [0.29, 0.717) is 5.56 Å². The van der Waals surface area contributed by atoms with Crippen molar-refractivity contribution in [2.45, 2.75) is 39.0 Å². The molecule has 0 N–H and O–H groups in total. The normalized spacial score (nSPS) is 9.62. The fraction of sp³-hybridized carbons (Fsp3) is 0.400. The van der Waals surface area contributed by atoms with Crippen molar-refractivity contribution >= 4 is 5.83 Å². The number of hydrogen-bond acceptors (Lipinski definition) is 0. The minimum absolute atomic E-state index is 0.268. The largest absolute Gasteiger partial charge is 0.197 e. The van der Waals surface area contributed by atoms with Gasteiger partial charge >= 0.3 is 0 Å². The number of unbranched alkanes of at least 4 members (excludes halogenated alkanes) is 4. The Morgan fingerprint density at radius 3 is 2.62 bits per heavy atom. The molecule has 1 aromatic carbocycles. The predicted molar refractivity (Wildman–Crippen MR) is 67.8 cm³/mol. The van der Waals surface area contributed by atoms with Crippen molar-refractivity contribution in [3.05, 3.63) is 47.7 Å². The fourth-order valence-corrected chi connectivity index (χ4v) is 1.50. The molecule has 0 atom stereocenters. The van der Waals surface area contributed by atoms with Crippen LogP contribution in [0, 0.1) is 0 Å². The van der Waals surface area contributed by atoms with E-state index < -0.39 is 0 Å². The van der Waals surface area contributed by atoms with Crippen LogP contribution in [0.3, 0.4) is 0 Å². The van der Waals surface area contributed by atoms with Crippen LogP contribution in [0.15, 0.2) is 42.1 Å². The van der Waals surface area contributed by atoms with Crippen LogP contribution in [0.2, 0.25) is 0 Å². The van der Waals surface area contributed by atoms with Crippen molar-refractivity contribution in [1.82, 2.24) is 0 Å². The number of benzene rings is 1. The molecular weight excluding hydrogens is 199 g/mol. The number of hydrogen-bond donors (Lipinski definition) is 0. The molecule has 0 aliphatic rings. The molecule has 16 heavy (non-hydrogen) atoms. The maximum Gasteiger partial charge on any atom is 0.172 e. The minimum atomic E-state index is -0.268. The maximum absolute atomic E-state index is 13.5. The van der Waals surface area contributed by atoms with E-state index in [4.69, 9.17) is 0 Å². The molecule has 1 aromatic rings. The van der Waals surface area contributed by atoms with E-state index in [1.807, 2.05) is 18.2 Å². The van der Waals surface area contributed by atoms with E-state index >= 15 is 0 Å². The number of allylic oxidation sites excluding steroid dienone is 1. The molecule has 0 nitrogen and oxygen atoms in total. The lowest BCUT2D eigenvalue weighted by atomic mass is 10.1. The highest BCUT2D eigenvalue weighted by Gasteiger charge is 1.95. The zero-order valence-corrected chi connectivity index (χ0v) is 9.88. The molecular formula is C15H19F. The van der Waals surface area contributed by atoms with E-state index in [1.54, 1.807) is 18.2 Å². The van der Waals surface area contributed by atoms with Crippen LogP contribution in [0.5, 0.6) is 0 Å². The van der Waals surface area contributed by atoms with Crippen LogP contribution >= 0.6 is 0 Å². The van der Waals surface area contributed by atoms with Crippen LogP contribution in [-0.2, 0) is 0 Å². The highest BCUT2D eigenvalue weighted by Crippen LogP contribution is 2.13. The molecule has 0 saturated carbocycles. The predicted octanol–water partition coefficient (Wildman–Crippen LogP) is 5.12. The fourth-order valence-electron chi connectivity index (χ4n) is 1.50. The van der Waals surface area contributed by atoms with Crippen molar-refractivity contribution in [2.75, 3.05) is 0 Å². The Morgan fingerprint density at radius 1 is 1.19 bits per heavy atom. The average Bonchev–Trinajstić information content (AvgIpc) is 2.34. The van der Waals surface area contributed by atoms with Crippen molar-refractivity contribution in [3.8, 4) is 0 Å². The zero-order chi connectivity index (χ0) is 11.6. The summed E-state index contributed by atoms with van der Waals surface area (Å²) in [5.41, 5.74) is 3.30. The number of halogens is 1. The minimum Gasteiger partial charge on any atom is -0.197 e. The molecule has 0 spiro atoms. The monoisotopic (exact) mass is 218 g/mol. The second-order valence-corrected chi connectivity index (χ2v) is 3.88. The standard InChI is InChI=1S/C15H19F/c1-2-3-4-5-6-10-13-15(16)14-11-8-7-9-12-14/h7-12H,2-6H2,1H3. The van der Waals surface area contributed by atoms with Crippen molar-refractivity contribution in [1.29, 1.82) is 0 Å². The summed E-state index contributed by atoms with van der Waals surface area (Å²) < 4.78 is 13.5. The van der Waals surface area contributed by atoms with Gasteiger partial charge in [0, 0.05) is 5.56 Å². The van der Waals surface area contributed by atoms with Gasteiger partial charge in [-0.3, -0.25) is 0 Å². The molecule has 0 saturated heterocycles. The summed E-state index contributed by atoms with van der Waals surface area (Å²) in [5.74, 6) is -0.268. The van der Waals surface area contributed by atoms with Crippen molar-refractivity contribution in [2.24, 2.45) is 0 Å². The molecule has 86 valence electrons. The summed E-state index contributed by atoms with van der Waals surface area (Å²) in [5, 5.41) is 0. The van der Waals surface area contributed by atoms with Gasteiger partial charge in [-0.2, -0.15) is 4.39 Å². The molecule has 0 unspecified atom stereocenters. The van der Waals surface area contributed by atoms with Crippen LogP contribution in [0.25, 0.3) is 5.83 Å². The van der Waals surface area contributed by atoms with Crippen molar-refractivity contribution in [3.63, 3.8) is 0 Å². The molecule has 0 fully saturated rings. The van der Waals surface area contributed by atoms with Gasteiger partial charge in [0.15, 0.2) is 5.83 Å². The first-order valence-corrected chi connectivity index (χ1v) is 6.00. The first-order valence-electron chi connectivity index (χ1n) is 6.00. The van der Waals surface area contributed by atoms with Gasteiger partial charge in [0.05, 0.1) is 0 Å². The zero-order valence-electron chi connectivity index (χ0n) is 9.88. The highest BCUT2D eigenvalue weighted by atomic mass is 19.1. The van der Waals surface area contributed by atoms with Gasteiger partial charge in [0.2, 0.25) is 0 Å². The van der Waals surface area contributed by atoms with Gasteiger partial charge < -0.3 is 0 Å². The van der Waals surface area contributed by atoms with Crippen LogP contribution in [-0.4, -0.2) is 0 Å². The highest BCUT2D eigenvalue weighted by molar-refractivity contribution is 5.57. The summed E-state index contributed by atoms with van der Waals surface area (Å²) in [6.07, 6.45) is 7.57. The van der Waals surface area contributed by atoms with Crippen molar-refractivity contribution < 1.29 is 4.39 Å². The van der Waals surface area contributed by atoms with Gasteiger partial charge in [-0.05, 0) is 18.9 Å². The first-order chi connectivity index (χ1) is 7.84. The second-order valence-electron chi connectivity index (χ2n) is 3.88. The van der Waals surface area contributed by atoms with Crippen LogP contribution in [0.4, 0.5) is 4.39 Å². The topological polar surface area (TPSA) is 0 Å². The average molecular weight is 218 g/mol. The Balaban J connectivity index is 2.41. The van der Waals surface area contributed by atoms with E-state index in [2.05, 4.69) is 12.7 Å². The Hall–Kier alpha value is -1.33. The Bertz CT molecular complexity index is 345. The van der Waals surface area contributed by atoms with Gasteiger partial charge in [-0.25, -0.2) is 0 Å². The molecule has 1 rings (SSSR count).